The van der Waals surface area contributed by atoms with Gasteiger partial charge < -0.3 is 19.7 Å². The predicted octanol–water partition coefficient (Wildman–Crippen LogP) is 3.55. The lowest BCUT2D eigenvalue weighted by molar-refractivity contribution is -0.127. The molecule has 1 N–H and O–H groups in total. The van der Waals surface area contributed by atoms with Crippen LogP contribution in [0.3, 0.4) is 0 Å². The molecule has 7 heteroatoms. The van der Waals surface area contributed by atoms with Crippen LogP contribution in [0.1, 0.15) is 24.8 Å². The lowest BCUT2D eigenvalue weighted by Gasteiger charge is -2.16. The van der Waals surface area contributed by atoms with Crippen molar-refractivity contribution < 1.29 is 14.3 Å². The number of hydrogen-bond donors (Lipinski definition) is 1. The zero-order valence-corrected chi connectivity index (χ0v) is 17.0. The molecule has 0 aromatic heterocycles. The highest BCUT2D eigenvalue weighted by Crippen LogP contribution is 2.36. The molecule has 1 aromatic carbocycles. The third kappa shape index (κ3) is 6.53. The molecule has 1 amide bonds. The number of halogens is 2. The number of hydrogen-bond acceptors (Lipinski definition) is 4. The molecule has 0 atom stereocenters. The van der Waals surface area contributed by atoms with Crippen LogP contribution in [0.2, 0.25) is 0 Å². The third-order valence-corrected chi connectivity index (χ3v) is 4.51. The van der Waals surface area contributed by atoms with E-state index in [1.807, 2.05) is 17.0 Å². The number of rotatable bonds is 10. The van der Waals surface area contributed by atoms with Crippen molar-refractivity contribution in [2.75, 3.05) is 33.4 Å². The molecule has 0 aliphatic carbocycles. The molecule has 5 nitrogen and oxygen atoms in total. The number of benzene rings is 1. The Morgan fingerprint density at radius 1 is 1.44 bits per heavy atom. The summed E-state index contributed by atoms with van der Waals surface area (Å²) in [5.41, 5.74) is 1.11. The average Bonchev–Trinajstić information content (AvgIpc) is 2.98. The van der Waals surface area contributed by atoms with Gasteiger partial charge in [-0.05, 0) is 53.0 Å². The smallest absolute Gasteiger partial charge is 0.222 e. The molecular weight excluding hydrogens is 408 g/mol. The Bertz CT molecular complexity index is 584. The highest BCUT2D eigenvalue weighted by Gasteiger charge is 2.18. The SMILES string of the molecule is C=CCOc1c(Br)cc(CNCCCN2CCCC2=O)cc1OC.Cl. The number of nitrogens with one attached hydrogen (secondary N) is 1. The highest BCUT2D eigenvalue weighted by molar-refractivity contribution is 9.10. The Morgan fingerprint density at radius 3 is 2.88 bits per heavy atom. The normalized spacial score (nSPS) is 13.5. The molecule has 2 rings (SSSR count). The van der Waals surface area contributed by atoms with E-state index in [4.69, 9.17) is 9.47 Å². The first kappa shape index (κ1) is 21.8. The predicted molar refractivity (Wildman–Crippen MR) is 106 cm³/mol. The summed E-state index contributed by atoms with van der Waals surface area (Å²) in [5.74, 6) is 1.68. The third-order valence-electron chi connectivity index (χ3n) is 3.92. The second-order valence-corrected chi connectivity index (χ2v) is 6.58. The molecule has 0 saturated carbocycles. The lowest BCUT2D eigenvalue weighted by Crippen LogP contribution is -2.28. The Balaban J connectivity index is 0.00000312. The van der Waals surface area contributed by atoms with Crippen molar-refractivity contribution in [1.82, 2.24) is 10.2 Å². The van der Waals surface area contributed by atoms with Gasteiger partial charge in [-0.15, -0.1) is 12.4 Å². The maximum absolute atomic E-state index is 11.5. The van der Waals surface area contributed by atoms with Gasteiger partial charge in [0.25, 0.3) is 0 Å². The molecule has 1 aromatic rings. The number of amides is 1. The number of methoxy groups -OCH3 is 1. The van der Waals surface area contributed by atoms with Crippen molar-refractivity contribution in [3.8, 4) is 11.5 Å². The zero-order chi connectivity index (χ0) is 17.4. The average molecular weight is 434 g/mol. The summed E-state index contributed by atoms with van der Waals surface area (Å²) < 4.78 is 11.9. The van der Waals surface area contributed by atoms with E-state index in [1.54, 1.807) is 13.2 Å². The topological polar surface area (TPSA) is 50.8 Å². The van der Waals surface area contributed by atoms with Gasteiger partial charge in [0, 0.05) is 26.1 Å². The molecule has 1 aliphatic heterocycles. The van der Waals surface area contributed by atoms with Crippen LogP contribution in [0, 0.1) is 0 Å². The minimum atomic E-state index is 0. The van der Waals surface area contributed by atoms with Crippen molar-refractivity contribution in [3.63, 3.8) is 0 Å². The maximum Gasteiger partial charge on any atom is 0.222 e. The van der Waals surface area contributed by atoms with Gasteiger partial charge in [0.15, 0.2) is 11.5 Å². The Kier molecular flexibility index (Phi) is 9.93. The first-order valence-electron chi connectivity index (χ1n) is 8.24. The van der Waals surface area contributed by atoms with Crippen LogP contribution >= 0.6 is 28.3 Å². The summed E-state index contributed by atoms with van der Waals surface area (Å²) >= 11 is 3.53. The van der Waals surface area contributed by atoms with Gasteiger partial charge in [-0.1, -0.05) is 12.7 Å². The maximum atomic E-state index is 11.5. The van der Waals surface area contributed by atoms with Crippen LogP contribution < -0.4 is 14.8 Å². The van der Waals surface area contributed by atoms with E-state index < -0.39 is 0 Å². The lowest BCUT2D eigenvalue weighted by atomic mass is 10.2. The van der Waals surface area contributed by atoms with Crippen molar-refractivity contribution >= 4 is 34.2 Å². The second kappa shape index (κ2) is 11.4. The minimum absolute atomic E-state index is 0. The van der Waals surface area contributed by atoms with E-state index in [2.05, 4.69) is 27.8 Å². The van der Waals surface area contributed by atoms with E-state index in [0.29, 0.717) is 30.4 Å². The molecule has 25 heavy (non-hydrogen) atoms. The van der Waals surface area contributed by atoms with Gasteiger partial charge in [0.05, 0.1) is 11.6 Å². The first-order valence-corrected chi connectivity index (χ1v) is 9.03. The van der Waals surface area contributed by atoms with Gasteiger partial charge in [-0.2, -0.15) is 0 Å². The van der Waals surface area contributed by atoms with Crippen LogP contribution in [0.5, 0.6) is 11.5 Å². The van der Waals surface area contributed by atoms with Crippen molar-refractivity contribution in [2.45, 2.75) is 25.8 Å². The largest absolute Gasteiger partial charge is 0.493 e. The first-order chi connectivity index (χ1) is 11.7. The Hall–Kier alpha value is -1.24. The van der Waals surface area contributed by atoms with Gasteiger partial charge in [0.2, 0.25) is 5.91 Å². The van der Waals surface area contributed by atoms with Crippen LogP contribution in [0.25, 0.3) is 0 Å². The molecule has 0 unspecified atom stereocenters. The van der Waals surface area contributed by atoms with Crippen LogP contribution in [0.15, 0.2) is 29.3 Å². The summed E-state index contributed by atoms with van der Waals surface area (Å²) in [6.07, 6.45) is 4.37. The van der Waals surface area contributed by atoms with Gasteiger partial charge in [0.1, 0.15) is 6.61 Å². The fourth-order valence-corrected chi connectivity index (χ4v) is 3.33. The van der Waals surface area contributed by atoms with Crippen molar-refractivity contribution in [1.29, 1.82) is 0 Å². The van der Waals surface area contributed by atoms with Crippen molar-refractivity contribution in [2.24, 2.45) is 0 Å². The zero-order valence-electron chi connectivity index (χ0n) is 14.6. The number of ether oxygens (including phenoxy) is 2. The number of likely N-dealkylation sites (tertiary alicyclic amines) is 1. The summed E-state index contributed by atoms with van der Waals surface area (Å²) in [5, 5.41) is 3.41. The Labute approximate surface area is 164 Å². The summed E-state index contributed by atoms with van der Waals surface area (Å²) in [7, 11) is 1.63. The minimum Gasteiger partial charge on any atom is -0.493 e. The van der Waals surface area contributed by atoms with Crippen LogP contribution in [-0.4, -0.2) is 44.2 Å². The van der Waals surface area contributed by atoms with Gasteiger partial charge >= 0.3 is 0 Å². The molecule has 1 saturated heterocycles. The number of nitrogens with zero attached hydrogens (tertiary/aromatic N) is 1. The van der Waals surface area contributed by atoms with E-state index in [9.17, 15) is 4.79 Å². The standard InChI is InChI=1S/C18H25BrN2O3.ClH/c1-3-10-24-18-15(19)11-14(12-16(18)23-2)13-20-7-5-9-21-8-4-6-17(21)22;/h3,11-12,20H,1,4-10,13H2,2H3;1H. The summed E-state index contributed by atoms with van der Waals surface area (Å²) in [6.45, 7) is 7.45. The second-order valence-electron chi connectivity index (χ2n) is 5.72. The van der Waals surface area contributed by atoms with Crippen LogP contribution in [0.4, 0.5) is 0 Å². The molecule has 140 valence electrons. The molecule has 1 aliphatic rings. The molecule has 1 fully saturated rings. The quantitative estimate of drug-likeness (QED) is 0.453. The van der Waals surface area contributed by atoms with E-state index in [0.717, 1.165) is 49.1 Å². The van der Waals surface area contributed by atoms with E-state index in [1.165, 1.54) is 0 Å². The molecule has 0 bridgehead atoms. The van der Waals surface area contributed by atoms with Gasteiger partial charge in [-0.25, -0.2) is 0 Å². The van der Waals surface area contributed by atoms with Crippen LogP contribution in [-0.2, 0) is 11.3 Å². The van der Waals surface area contributed by atoms with E-state index >= 15 is 0 Å². The molecular formula is C18H26BrClN2O3. The fourth-order valence-electron chi connectivity index (χ4n) is 2.73. The fraction of sp³-hybridized carbons (Fsp3) is 0.500. The number of carbonyl (C=O) groups is 1. The molecule has 1 heterocycles. The molecule has 0 spiro atoms. The highest BCUT2D eigenvalue weighted by atomic mass is 79.9. The number of carbonyl (C=O) groups excluding carboxylic acids is 1. The van der Waals surface area contributed by atoms with E-state index in [-0.39, 0.29) is 12.4 Å². The monoisotopic (exact) mass is 432 g/mol. The van der Waals surface area contributed by atoms with Gasteiger partial charge in [-0.3, -0.25) is 4.79 Å². The Morgan fingerprint density at radius 2 is 2.24 bits per heavy atom. The van der Waals surface area contributed by atoms with Crippen molar-refractivity contribution in [3.05, 3.63) is 34.8 Å². The summed E-state index contributed by atoms with van der Waals surface area (Å²) in [6, 6.07) is 4.00. The molecule has 0 radical (unpaired) electrons. The summed E-state index contributed by atoms with van der Waals surface area (Å²) in [4.78, 5) is 13.5.